The molecule has 0 saturated heterocycles. The molecule has 0 aromatic carbocycles. The number of carbonyl (C=O) groups is 1. The highest BCUT2D eigenvalue weighted by Crippen LogP contribution is 1.90. The van der Waals surface area contributed by atoms with Crippen LogP contribution in [-0.2, 0) is 9.53 Å². The van der Waals surface area contributed by atoms with Gasteiger partial charge in [-0.15, -0.1) is 12.4 Å². The van der Waals surface area contributed by atoms with Crippen LogP contribution in [0.3, 0.4) is 0 Å². The molecule has 1 atom stereocenters. The van der Waals surface area contributed by atoms with E-state index in [9.17, 15) is 4.79 Å². The molecule has 0 radical (unpaired) electrons. The number of hydrogen-bond donors (Lipinski definition) is 1. The van der Waals surface area contributed by atoms with E-state index < -0.39 is 31.8 Å². The van der Waals surface area contributed by atoms with Crippen molar-refractivity contribution >= 4 is 18.4 Å². The minimum absolute atomic E-state index is 0. The first-order chi connectivity index (χ1) is 6.46. The summed E-state index contributed by atoms with van der Waals surface area (Å²) in [6.07, 6.45) is -2.14. The lowest BCUT2D eigenvalue weighted by Crippen LogP contribution is -2.30. The summed E-state index contributed by atoms with van der Waals surface area (Å²) in [4.78, 5) is 11.0. The maximum Gasteiger partial charge on any atom is 0.322 e. The zero-order chi connectivity index (χ0) is 12.4. The number of esters is 1. The zero-order valence-corrected chi connectivity index (χ0v) is 6.27. The van der Waals surface area contributed by atoms with Crippen molar-refractivity contribution in [1.82, 2.24) is 0 Å². The van der Waals surface area contributed by atoms with Crippen molar-refractivity contribution in [2.45, 2.75) is 32.8 Å². The van der Waals surface area contributed by atoms with Gasteiger partial charge < -0.3 is 10.5 Å². The van der Waals surface area contributed by atoms with Crippen LogP contribution in [0.4, 0.5) is 0 Å². The van der Waals surface area contributed by atoms with E-state index in [-0.39, 0.29) is 12.4 Å². The van der Waals surface area contributed by atoms with Gasteiger partial charge in [-0.2, -0.15) is 0 Å². The van der Waals surface area contributed by atoms with Crippen molar-refractivity contribution in [3.05, 3.63) is 0 Å². The topological polar surface area (TPSA) is 52.3 Å². The van der Waals surface area contributed by atoms with Gasteiger partial charge in [0.05, 0.1) is 6.10 Å². The van der Waals surface area contributed by atoms with Crippen molar-refractivity contribution in [3.63, 3.8) is 0 Å². The van der Waals surface area contributed by atoms with Crippen LogP contribution in [0.2, 0.25) is 0 Å². The van der Waals surface area contributed by atoms with Crippen molar-refractivity contribution < 1.29 is 17.8 Å². The summed E-state index contributed by atoms with van der Waals surface area (Å²) in [5.74, 6) is -1.05. The molecule has 0 aliphatic carbocycles. The summed E-state index contributed by atoms with van der Waals surface area (Å²) >= 11 is 0. The Hall–Kier alpha value is -0.280. The number of carbonyl (C=O) groups excluding carboxylic acids is 1. The molecule has 62 valence electrons. The van der Waals surface area contributed by atoms with Crippen LogP contribution in [0.5, 0.6) is 0 Å². The predicted molar refractivity (Wildman–Crippen MR) is 42.1 cm³/mol. The summed E-state index contributed by atoms with van der Waals surface area (Å²) in [7, 11) is 0. The van der Waals surface area contributed by atoms with E-state index in [0.717, 1.165) is 0 Å². The summed E-state index contributed by atoms with van der Waals surface area (Å²) in [6.45, 7) is -4.51. The van der Waals surface area contributed by atoms with Crippen LogP contribution >= 0.6 is 12.4 Å². The number of nitrogens with two attached hydrogens (primary N) is 1. The summed E-state index contributed by atoms with van der Waals surface area (Å²) in [6, 6.07) is -1.06. The summed E-state index contributed by atoms with van der Waals surface area (Å²) in [5, 5.41) is 0. The Morgan fingerprint density at radius 3 is 2.50 bits per heavy atom. The van der Waals surface area contributed by atoms with Crippen LogP contribution in [-0.4, -0.2) is 18.1 Å². The predicted octanol–water partition coefficient (Wildman–Crippen LogP) is 0.707. The molecule has 10 heavy (non-hydrogen) atoms. The van der Waals surface area contributed by atoms with Gasteiger partial charge in [0.2, 0.25) is 0 Å². The van der Waals surface area contributed by atoms with Crippen molar-refractivity contribution in [1.29, 1.82) is 0 Å². The number of rotatable bonds is 2. The molecule has 2 N–H and O–H groups in total. The number of ether oxygens (including phenoxy) is 1. The van der Waals surface area contributed by atoms with Gasteiger partial charge in [-0.25, -0.2) is 0 Å². The third kappa shape index (κ3) is 5.85. The third-order valence-electron chi connectivity index (χ3n) is 0.606. The average Bonchev–Trinajstić information content (AvgIpc) is 1.94. The van der Waals surface area contributed by atoms with E-state index in [4.69, 9.17) is 14.0 Å². The first kappa shape index (κ1) is 3.93. The maximum absolute atomic E-state index is 11.0. The van der Waals surface area contributed by atoms with E-state index >= 15 is 0 Å². The molecule has 0 fully saturated rings. The highest BCUT2D eigenvalue weighted by molar-refractivity contribution is 5.85. The maximum atomic E-state index is 11.0. The molecule has 4 heteroatoms. The Balaban J connectivity index is 0. The average molecular weight is 174 g/mol. The molecule has 0 bridgehead atoms. The van der Waals surface area contributed by atoms with Gasteiger partial charge in [0.15, 0.2) is 0 Å². The Morgan fingerprint density at radius 1 is 1.70 bits per heavy atom. The molecule has 0 aromatic heterocycles. The Bertz CT molecular complexity index is 224. The molecule has 3 nitrogen and oxygen atoms in total. The summed E-state index contributed by atoms with van der Waals surface area (Å²) < 4.78 is 46.0. The van der Waals surface area contributed by atoms with Crippen molar-refractivity contribution in [2.24, 2.45) is 5.73 Å². The van der Waals surface area contributed by atoms with Gasteiger partial charge in [-0.1, -0.05) is 0 Å². The number of hydrogen-bond acceptors (Lipinski definition) is 3. The fraction of sp³-hybridized carbons (Fsp3) is 0.833. The highest BCUT2D eigenvalue weighted by Gasteiger charge is 2.09. The highest BCUT2D eigenvalue weighted by atomic mass is 35.5. The molecule has 0 rings (SSSR count). The first-order valence-corrected chi connectivity index (χ1v) is 2.42. The Labute approximate surface area is 75.8 Å². The third-order valence-corrected chi connectivity index (χ3v) is 0.606. The van der Waals surface area contributed by atoms with Crippen LogP contribution in [0, 0.1) is 0 Å². The summed E-state index contributed by atoms with van der Waals surface area (Å²) in [5.41, 5.74) is 5.13. The molecule has 0 aliphatic rings. The van der Waals surface area contributed by atoms with Crippen molar-refractivity contribution in [2.75, 3.05) is 0 Å². The van der Waals surface area contributed by atoms with E-state index in [2.05, 4.69) is 4.74 Å². The fourth-order valence-corrected chi connectivity index (χ4v) is 0.223. The minimum Gasteiger partial charge on any atom is -0.462 e. The van der Waals surface area contributed by atoms with Crippen LogP contribution in [0.1, 0.15) is 28.9 Å². The van der Waals surface area contributed by atoms with Gasteiger partial charge in [-0.3, -0.25) is 4.79 Å². The SMILES string of the molecule is Cl.[2H]C([2H])([2H])C(OC(=O)[C@H](C)N)C([2H])([2H])[2H]. The molecule has 0 aliphatic heterocycles. The molecule has 0 heterocycles. The van der Waals surface area contributed by atoms with E-state index in [1.54, 1.807) is 0 Å². The standard InChI is InChI=1S/C6H13NO2.ClH/c1-4(2)9-6(8)5(3)7;/h4-5H,7H2,1-3H3;1H/t5-;/m0./s1/i1D3,2D3;. The number of halogens is 1. The molecule has 0 unspecified atom stereocenters. The molecule has 0 saturated carbocycles. The quantitative estimate of drug-likeness (QED) is 0.626. The second-order valence-electron chi connectivity index (χ2n) is 1.61. The molecular weight excluding hydrogens is 154 g/mol. The largest absolute Gasteiger partial charge is 0.462 e. The minimum atomic E-state index is -2.89. The van der Waals surface area contributed by atoms with Gasteiger partial charge in [0, 0.05) is 8.22 Å². The monoisotopic (exact) mass is 173 g/mol. The van der Waals surface area contributed by atoms with E-state index in [1.807, 2.05) is 0 Å². The second-order valence-corrected chi connectivity index (χ2v) is 1.61. The van der Waals surface area contributed by atoms with Crippen molar-refractivity contribution in [3.8, 4) is 0 Å². The molecular formula is C6H14ClNO2. The Kier molecular flexibility index (Phi) is 2.16. The van der Waals surface area contributed by atoms with Gasteiger partial charge in [0.1, 0.15) is 6.04 Å². The first-order valence-electron chi connectivity index (χ1n) is 5.42. The Morgan fingerprint density at radius 2 is 2.20 bits per heavy atom. The van der Waals surface area contributed by atoms with Gasteiger partial charge in [0.25, 0.3) is 0 Å². The van der Waals surface area contributed by atoms with Crippen LogP contribution in [0.15, 0.2) is 0 Å². The lowest BCUT2D eigenvalue weighted by atomic mass is 10.4. The normalized spacial score (nSPS) is 23.5. The smallest absolute Gasteiger partial charge is 0.322 e. The molecule has 0 aromatic rings. The zero-order valence-electron chi connectivity index (χ0n) is 11.5. The lowest BCUT2D eigenvalue weighted by molar-refractivity contribution is -0.148. The molecule has 0 spiro atoms. The van der Waals surface area contributed by atoms with Gasteiger partial charge >= 0.3 is 5.97 Å². The van der Waals surface area contributed by atoms with Crippen LogP contribution < -0.4 is 5.73 Å². The van der Waals surface area contributed by atoms with Gasteiger partial charge in [-0.05, 0) is 20.6 Å². The van der Waals surface area contributed by atoms with E-state index in [1.165, 1.54) is 6.92 Å². The second kappa shape index (κ2) is 5.50. The fourth-order valence-electron chi connectivity index (χ4n) is 0.223. The lowest BCUT2D eigenvalue weighted by Gasteiger charge is -2.08. The van der Waals surface area contributed by atoms with E-state index in [0.29, 0.717) is 0 Å². The van der Waals surface area contributed by atoms with Crippen LogP contribution in [0.25, 0.3) is 0 Å². The molecule has 0 amide bonds.